The Morgan fingerprint density at radius 3 is 2.59 bits per heavy atom. The van der Waals surface area contributed by atoms with E-state index in [0.717, 1.165) is 12.8 Å². The molecule has 0 spiro atoms. The number of hydrogen-bond donors (Lipinski definition) is 2. The zero-order valence-electron chi connectivity index (χ0n) is 8.95. The summed E-state index contributed by atoms with van der Waals surface area (Å²) >= 11 is 0.667. The van der Waals surface area contributed by atoms with E-state index in [1.54, 1.807) is 0 Å². The molecule has 0 aliphatic heterocycles. The molecule has 1 aliphatic rings. The summed E-state index contributed by atoms with van der Waals surface area (Å²) in [5.41, 5.74) is 5.02. The minimum atomic E-state index is -2.67. The van der Waals surface area contributed by atoms with Gasteiger partial charge in [-0.05, 0) is 12.8 Å². The smallest absolute Gasteiger partial charge is 0.291 e. The molecule has 0 saturated heterocycles. The third kappa shape index (κ3) is 2.58. The van der Waals surface area contributed by atoms with Crippen LogP contribution in [0.5, 0.6) is 0 Å². The molecule has 2 rings (SSSR count). The topological polar surface area (TPSA) is 80.9 Å². The Labute approximate surface area is 100 Å². The van der Waals surface area contributed by atoms with Crippen LogP contribution in [0.25, 0.3) is 0 Å². The van der Waals surface area contributed by atoms with Crippen LogP contribution in [-0.2, 0) is 4.79 Å². The Kier molecular flexibility index (Phi) is 3.34. The highest BCUT2D eigenvalue weighted by Crippen LogP contribution is 2.30. The van der Waals surface area contributed by atoms with E-state index in [1.165, 1.54) is 0 Å². The van der Waals surface area contributed by atoms with Crippen LogP contribution in [0.2, 0.25) is 0 Å². The number of anilines is 1. The van der Waals surface area contributed by atoms with Crippen LogP contribution >= 0.6 is 11.3 Å². The van der Waals surface area contributed by atoms with Gasteiger partial charge in [-0.3, -0.25) is 10.1 Å². The summed E-state index contributed by atoms with van der Waals surface area (Å²) in [6.45, 7) is 0. The number of hydrogen-bond acceptors (Lipinski definition) is 5. The molecule has 1 amide bonds. The predicted octanol–water partition coefficient (Wildman–Crippen LogP) is 1.69. The number of carbonyl (C=O) groups is 1. The maximum absolute atomic E-state index is 12.3. The van der Waals surface area contributed by atoms with Gasteiger partial charge in [0.25, 0.3) is 6.43 Å². The van der Waals surface area contributed by atoms with Crippen molar-refractivity contribution in [3.05, 3.63) is 5.01 Å². The van der Waals surface area contributed by atoms with E-state index in [2.05, 4.69) is 15.5 Å². The molecule has 1 saturated carbocycles. The number of amides is 1. The fourth-order valence-electron chi connectivity index (χ4n) is 1.83. The molecular weight excluding hydrogens is 250 g/mol. The lowest BCUT2D eigenvalue weighted by atomic mass is 9.98. The van der Waals surface area contributed by atoms with E-state index in [0.29, 0.717) is 24.2 Å². The molecule has 1 aromatic heterocycles. The monoisotopic (exact) mass is 262 g/mol. The summed E-state index contributed by atoms with van der Waals surface area (Å²) in [7, 11) is 0. The minimum absolute atomic E-state index is 0.0713. The van der Waals surface area contributed by atoms with Crippen LogP contribution in [0.15, 0.2) is 0 Å². The summed E-state index contributed by atoms with van der Waals surface area (Å²) in [5, 5.41) is 8.88. The van der Waals surface area contributed by atoms with Crippen molar-refractivity contribution in [2.45, 2.75) is 37.6 Å². The quantitative estimate of drug-likeness (QED) is 0.868. The zero-order chi connectivity index (χ0) is 12.5. The van der Waals surface area contributed by atoms with Crippen molar-refractivity contribution in [2.75, 3.05) is 5.32 Å². The number of halogens is 2. The second-order valence-corrected chi connectivity index (χ2v) is 5.07. The Balaban J connectivity index is 2.02. The number of rotatable bonds is 3. The maximum atomic E-state index is 12.3. The van der Waals surface area contributed by atoms with Gasteiger partial charge in [0.15, 0.2) is 5.01 Å². The molecule has 8 heteroatoms. The molecular formula is C9H12F2N4OS. The average molecular weight is 262 g/mol. The first-order chi connectivity index (χ1) is 8.01. The summed E-state index contributed by atoms with van der Waals surface area (Å²) < 4.78 is 24.5. The van der Waals surface area contributed by atoms with Gasteiger partial charge in [0, 0.05) is 0 Å². The maximum Gasteiger partial charge on any atom is 0.291 e. The highest BCUT2D eigenvalue weighted by Gasteiger charge is 2.37. The lowest BCUT2D eigenvalue weighted by Gasteiger charge is -2.20. The molecule has 17 heavy (non-hydrogen) atoms. The van der Waals surface area contributed by atoms with E-state index < -0.39 is 17.0 Å². The Morgan fingerprint density at radius 2 is 2.06 bits per heavy atom. The van der Waals surface area contributed by atoms with E-state index in [-0.39, 0.29) is 11.0 Å². The number of alkyl halides is 2. The van der Waals surface area contributed by atoms with Crippen molar-refractivity contribution < 1.29 is 13.6 Å². The second kappa shape index (κ2) is 4.61. The normalized spacial score (nSPS) is 18.6. The summed E-state index contributed by atoms with van der Waals surface area (Å²) in [5.74, 6) is -0.369. The van der Waals surface area contributed by atoms with Gasteiger partial charge < -0.3 is 5.73 Å². The van der Waals surface area contributed by atoms with Gasteiger partial charge in [-0.2, -0.15) is 0 Å². The van der Waals surface area contributed by atoms with Crippen molar-refractivity contribution in [3.63, 3.8) is 0 Å². The second-order valence-electron chi connectivity index (χ2n) is 4.06. The van der Waals surface area contributed by atoms with Crippen molar-refractivity contribution in [1.29, 1.82) is 0 Å². The van der Waals surface area contributed by atoms with Crippen LogP contribution in [-0.4, -0.2) is 21.6 Å². The zero-order valence-corrected chi connectivity index (χ0v) is 9.77. The first-order valence-corrected chi connectivity index (χ1v) is 6.05. The highest BCUT2D eigenvalue weighted by atomic mass is 32.1. The van der Waals surface area contributed by atoms with E-state index in [9.17, 15) is 13.6 Å². The van der Waals surface area contributed by atoms with Gasteiger partial charge in [-0.25, -0.2) is 8.78 Å². The van der Waals surface area contributed by atoms with Crippen LogP contribution in [0.3, 0.4) is 0 Å². The van der Waals surface area contributed by atoms with Crippen molar-refractivity contribution in [3.8, 4) is 0 Å². The molecule has 0 bridgehead atoms. The van der Waals surface area contributed by atoms with Gasteiger partial charge in [-0.1, -0.05) is 24.2 Å². The molecule has 0 radical (unpaired) electrons. The van der Waals surface area contributed by atoms with E-state index >= 15 is 0 Å². The van der Waals surface area contributed by atoms with Gasteiger partial charge >= 0.3 is 0 Å². The number of carbonyl (C=O) groups excluding carboxylic acids is 1. The largest absolute Gasteiger partial charge is 0.317 e. The molecule has 3 N–H and O–H groups in total. The van der Waals surface area contributed by atoms with Gasteiger partial charge in [0.1, 0.15) is 0 Å². The Morgan fingerprint density at radius 1 is 1.41 bits per heavy atom. The predicted molar refractivity (Wildman–Crippen MR) is 58.9 cm³/mol. The van der Waals surface area contributed by atoms with E-state index in [1.807, 2.05) is 0 Å². The third-order valence-electron chi connectivity index (χ3n) is 2.80. The number of nitrogens with one attached hydrogen (secondary N) is 1. The Bertz CT molecular complexity index is 417. The minimum Gasteiger partial charge on any atom is -0.317 e. The van der Waals surface area contributed by atoms with Gasteiger partial charge in [0.2, 0.25) is 11.0 Å². The summed E-state index contributed by atoms with van der Waals surface area (Å²) in [6, 6.07) is 0. The van der Waals surface area contributed by atoms with Crippen LogP contribution in [0.4, 0.5) is 13.9 Å². The van der Waals surface area contributed by atoms with Crippen LogP contribution < -0.4 is 11.1 Å². The highest BCUT2D eigenvalue weighted by molar-refractivity contribution is 7.15. The molecule has 0 unspecified atom stereocenters. The third-order valence-corrected chi connectivity index (χ3v) is 3.64. The van der Waals surface area contributed by atoms with Gasteiger partial charge in [0.05, 0.1) is 5.54 Å². The molecule has 94 valence electrons. The Hall–Kier alpha value is -1.15. The van der Waals surface area contributed by atoms with Crippen LogP contribution in [0, 0.1) is 0 Å². The first-order valence-electron chi connectivity index (χ1n) is 5.23. The van der Waals surface area contributed by atoms with Crippen molar-refractivity contribution in [2.24, 2.45) is 5.73 Å². The average Bonchev–Trinajstić information content (AvgIpc) is 2.88. The molecule has 0 aromatic carbocycles. The molecule has 1 aromatic rings. The lowest BCUT2D eigenvalue weighted by Crippen LogP contribution is -2.48. The molecule has 1 heterocycles. The van der Waals surface area contributed by atoms with Crippen molar-refractivity contribution in [1.82, 2.24) is 10.2 Å². The first kappa shape index (κ1) is 12.3. The number of aromatic nitrogens is 2. The molecule has 0 atom stereocenters. The summed E-state index contributed by atoms with van der Waals surface area (Å²) in [6.07, 6.45) is 0.361. The van der Waals surface area contributed by atoms with Gasteiger partial charge in [-0.15, -0.1) is 10.2 Å². The molecule has 5 nitrogen and oxygen atoms in total. The summed E-state index contributed by atoms with van der Waals surface area (Å²) in [4.78, 5) is 11.8. The fraction of sp³-hybridized carbons (Fsp3) is 0.667. The van der Waals surface area contributed by atoms with Crippen molar-refractivity contribution >= 4 is 22.4 Å². The molecule has 1 aliphatic carbocycles. The molecule has 1 fully saturated rings. The van der Waals surface area contributed by atoms with E-state index in [4.69, 9.17) is 5.73 Å². The standard InChI is InChI=1S/C9H12F2N4OS/c10-5(11)6-14-15-8(17-6)13-7(16)9(12)3-1-2-4-9/h5H,1-4,12H2,(H,13,15,16). The number of nitrogens with zero attached hydrogens (tertiary/aromatic N) is 2. The fourth-order valence-corrected chi connectivity index (χ4v) is 2.42. The SMILES string of the molecule is NC1(C(=O)Nc2nnc(C(F)F)s2)CCCC1. The lowest BCUT2D eigenvalue weighted by molar-refractivity contribution is -0.121. The number of nitrogens with two attached hydrogens (primary N) is 1. The van der Waals surface area contributed by atoms with Crippen LogP contribution in [0.1, 0.15) is 37.1 Å².